The quantitative estimate of drug-likeness (QED) is 0.623. The van der Waals surface area contributed by atoms with Crippen LogP contribution in [0.3, 0.4) is 0 Å². The van der Waals surface area contributed by atoms with Gasteiger partial charge in [0.25, 0.3) is 0 Å². The minimum absolute atomic E-state index is 0.242. The molecule has 2 rings (SSSR count). The van der Waals surface area contributed by atoms with E-state index in [4.69, 9.17) is 0 Å². The third-order valence-corrected chi connectivity index (χ3v) is 3.79. The average molecular weight is 329 g/mol. The Hall–Kier alpha value is -2.96. The van der Waals surface area contributed by atoms with Gasteiger partial charge < -0.3 is 4.90 Å². The van der Waals surface area contributed by atoms with Crippen LogP contribution in [-0.2, 0) is 11.3 Å². The fraction of sp³-hybridized carbons (Fsp3) is 0.294. The molecule has 0 radical (unpaired) electrons. The van der Waals surface area contributed by atoms with Gasteiger partial charge in [-0.3, -0.25) is 24.3 Å². The van der Waals surface area contributed by atoms with Crippen LogP contribution < -0.4 is 10.5 Å². The van der Waals surface area contributed by atoms with Crippen molar-refractivity contribution in [2.24, 2.45) is 0 Å². The Bertz CT molecular complexity index is 842. The van der Waals surface area contributed by atoms with E-state index in [0.717, 1.165) is 21.9 Å². The zero-order valence-corrected chi connectivity index (χ0v) is 13.9. The molecular weight excluding hydrogens is 310 g/mol. The van der Waals surface area contributed by atoms with Crippen molar-refractivity contribution in [1.82, 2.24) is 4.57 Å². The fourth-order valence-electron chi connectivity index (χ4n) is 2.51. The van der Waals surface area contributed by atoms with Gasteiger partial charge in [0.15, 0.2) is 0 Å². The van der Waals surface area contributed by atoms with Crippen molar-refractivity contribution in [2.75, 3.05) is 11.4 Å². The first-order chi connectivity index (χ1) is 11.3. The largest absolute Gasteiger partial charge is 0.334 e. The van der Waals surface area contributed by atoms with E-state index in [0.29, 0.717) is 12.2 Å². The minimum atomic E-state index is -0.770. The summed E-state index contributed by atoms with van der Waals surface area (Å²) >= 11 is 0. The van der Waals surface area contributed by atoms with Gasteiger partial charge in [0.05, 0.1) is 4.92 Å². The molecule has 126 valence electrons. The molecule has 1 heterocycles. The Balaban J connectivity index is 2.36. The normalized spacial score (nSPS) is 10.5. The lowest BCUT2D eigenvalue weighted by molar-refractivity contribution is -0.386. The smallest absolute Gasteiger partial charge is 0.311 e. The highest BCUT2D eigenvalue weighted by Gasteiger charge is 2.20. The second-order valence-electron chi connectivity index (χ2n) is 5.49. The standard InChI is InChI=1S/C17H19N3O4/c1-4-18(14-7-5-6-12(2)10-14)16(21)11-19-13(3)8-9-15(17(19)22)20(23)24/h5-10H,4,11H2,1-3H3. The third-order valence-electron chi connectivity index (χ3n) is 3.79. The maximum absolute atomic E-state index is 12.6. The lowest BCUT2D eigenvalue weighted by Gasteiger charge is -2.22. The molecule has 0 N–H and O–H groups in total. The van der Waals surface area contributed by atoms with E-state index in [2.05, 4.69) is 0 Å². The molecule has 7 heteroatoms. The van der Waals surface area contributed by atoms with Crippen LogP contribution in [0.25, 0.3) is 0 Å². The highest BCUT2D eigenvalue weighted by atomic mass is 16.6. The number of nitro groups is 1. The molecule has 0 aliphatic carbocycles. The van der Waals surface area contributed by atoms with Gasteiger partial charge in [0, 0.05) is 24.0 Å². The number of aryl methyl sites for hydroxylation is 2. The van der Waals surface area contributed by atoms with Crippen molar-refractivity contribution in [3.05, 3.63) is 68.1 Å². The highest BCUT2D eigenvalue weighted by molar-refractivity contribution is 5.93. The van der Waals surface area contributed by atoms with Gasteiger partial charge in [-0.25, -0.2) is 0 Å². The number of anilines is 1. The number of aromatic nitrogens is 1. The van der Waals surface area contributed by atoms with Crippen LogP contribution in [0.5, 0.6) is 0 Å². The number of amides is 1. The van der Waals surface area contributed by atoms with Gasteiger partial charge in [-0.2, -0.15) is 0 Å². The van der Waals surface area contributed by atoms with E-state index in [1.807, 2.05) is 38.1 Å². The van der Waals surface area contributed by atoms with E-state index in [-0.39, 0.29) is 12.5 Å². The molecule has 0 saturated heterocycles. The number of hydrogen-bond acceptors (Lipinski definition) is 4. The number of nitrogens with zero attached hydrogens (tertiary/aromatic N) is 3. The second kappa shape index (κ2) is 7.08. The molecule has 1 aromatic carbocycles. The number of pyridine rings is 1. The number of benzene rings is 1. The lowest BCUT2D eigenvalue weighted by atomic mass is 10.2. The summed E-state index contributed by atoms with van der Waals surface area (Å²) in [6.07, 6.45) is 0. The molecule has 0 unspecified atom stereocenters. The Kier molecular flexibility index (Phi) is 5.13. The van der Waals surface area contributed by atoms with Gasteiger partial charge in [-0.15, -0.1) is 0 Å². The summed E-state index contributed by atoms with van der Waals surface area (Å²) in [6, 6.07) is 10.1. The van der Waals surface area contributed by atoms with Crippen LogP contribution in [0, 0.1) is 24.0 Å². The summed E-state index contributed by atoms with van der Waals surface area (Å²) in [4.78, 5) is 36.6. The van der Waals surface area contributed by atoms with Crippen molar-refractivity contribution in [3.8, 4) is 0 Å². The van der Waals surface area contributed by atoms with Gasteiger partial charge in [-0.1, -0.05) is 12.1 Å². The topological polar surface area (TPSA) is 85.4 Å². The SMILES string of the molecule is CCN(C(=O)Cn1c(C)ccc([N+](=O)[O-])c1=O)c1cccc(C)c1. The Labute approximate surface area is 139 Å². The molecule has 0 aliphatic heterocycles. The third kappa shape index (κ3) is 3.51. The van der Waals surface area contributed by atoms with Crippen molar-refractivity contribution < 1.29 is 9.72 Å². The predicted molar refractivity (Wildman–Crippen MR) is 91.3 cm³/mol. The van der Waals surface area contributed by atoms with E-state index >= 15 is 0 Å². The van der Waals surface area contributed by atoms with Crippen LogP contribution in [0.15, 0.2) is 41.2 Å². The Morgan fingerprint density at radius 2 is 1.96 bits per heavy atom. The molecule has 0 spiro atoms. The van der Waals surface area contributed by atoms with Crippen LogP contribution >= 0.6 is 0 Å². The molecule has 0 fully saturated rings. The molecule has 0 atom stereocenters. The summed E-state index contributed by atoms with van der Waals surface area (Å²) in [6.45, 7) is 5.60. The van der Waals surface area contributed by atoms with E-state index in [9.17, 15) is 19.7 Å². The van der Waals surface area contributed by atoms with Crippen molar-refractivity contribution in [2.45, 2.75) is 27.3 Å². The van der Waals surface area contributed by atoms with Gasteiger partial charge >= 0.3 is 11.2 Å². The number of carbonyl (C=O) groups excluding carboxylic acids is 1. The first-order valence-corrected chi connectivity index (χ1v) is 7.57. The van der Waals surface area contributed by atoms with E-state index in [1.54, 1.807) is 11.8 Å². The van der Waals surface area contributed by atoms with Crippen molar-refractivity contribution in [1.29, 1.82) is 0 Å². The zero-order valence-electron chi connectivity index (χ0n) is 13.9. The van der Waals surface area contributed by atoms with Crippen LogP contribution in [0.2, 0.25) is 0 Å². The van der Waals surface area contributed by atoms with Gasteiger partial charge in [0.1, 0.15) is 6.54 Å². The maximum Gasteiger partial charge on any atom is 0.334 e. The molecule has 1 aromatic heterocycles. The molecule has 2 aromatic rings. The van der Waals surface area contributed by atoms with Crippen LogP contribution in [0.4, 0.5) is 11.4 Å². The Morgan fingerprint density at radius 3 is 2.54 bits per heavy atom. The maximum atomic E-state index is 12.6. The monoisotopic (exact) mass is 329 g/mol. The van der Waals surface area contributed by atoms with Crippen molar-refractivity contribution >= 4 is 17.3 Å². The highest BCUT2D eigenvalue weighted by Crippen LogP contribution is 2.16. The van der Waals surface area contributed by atoms with Crippen LogP contribution in [0.1, 0.15) is 18.2 Å². The first kappa shape index (κ1) is 17.4. The fourth-order valence-corrected chi connectivity index (χ4v) is 2.51. The van der Waals surface area contributed by atoms with Gasteiger partial charge in [0.2, 0.25) is 5.91 Å². The molecular formula is C17H19N3O4. The second-order valence-corrected chi connectivity index (χ2v) is 5.49. The van der Waals surface area contributed by atoms with E-state index in [1.165, 1.54) is 6.07 Å². The number of rotatable bonds is 5. The average Bonchev–Trinajstić information content (AvgIpc) is 2.52. The molecule has 1 amide bonds. The molecule has 24 heavy (non-hydrogen) atoms. The molecule has 7 nitrogen and oxygen atoms in total. The summed E-state index contributed by atoms with van der Waals surface area (Å²) in [5.41, 5.74) is 0.945. The number of hydrogen-bond donors (Lipinski definition) is 0. The van der Waals surface area contributed by atoms with E-state index < -0.39 is 16.2 Å². The van der Waals surface area contributed by atoms with Crippen LogP contribution in [-0.4, -0.2) is 21.9 Å². The number of carbonyl (C=O) groups is 1. The van der Waals surface area contributed by atoms with Gasteiger partial charge in [-0.05, 0) is 44.5 Å². The molecule has 0 saturated carbocycles. The predicted octanol–water partition coefficient (Wildman–Crippen LogP) is 2.43. The Morgan fingerprint density at radius 1 is 1.25 bits per heavy atom. The summed E-state index contributed by atoms with van der Waals surface area (Å²) in [7, 11) is 0. The minimum Gasteiger partial charge on any atom is -0.311 e. The zero-order chi connectivity index (χ0) is 17.9. The molecule has 0 bridgehead atoms. The van der Waals surface area contributed by atoms with Crippen molar-refractivity contribution in [3.63, 3.8) is 0 Å². The summed E-state index contributed by atoms with van der Waals surface area (Å²) < 4.78 is 1.14. The summed E-state index contributed by atoms with van der Waals surface area (Å²) in [5, 5.41) is 10.9. The molecule has 0 aliphatic rings. The lowest BCUT2D eigenvalue weighted by Crippen LogP contribution is -2.37. The summed E-state index contributed by atoms with van der Waals surface area (Å²) in [5.74, 6) is -0.297. The number of likely N-dealkylation sites (N-methyl/N-ethyl adjacent to an activating group) is 1. The first-order valence-electron chi connectivity index (χ1n) is 7.57.